The second-order valence-corrected chi connectivity index (χ2v) is 4.81. The number of benzene rings is 1. The Morgan fingerprint density at radius 3 is 2.21 bits per heavy atom. The van der Waals surface area contributed by atoms with Crippen molar-refractivity contribution in [2.24, 2.45) is 0 Å². The predicted molar refractivity (Wildman–Crippen MR) is 63.6 cm³/mol. The first-order valence-electron chi connectivity index (χ1n) is 4.59. The molecule has 0 aliphatic rings. The van der Waals surface area contributed by atoms with Gasteiger partial charge in [-0.2, -0.15) is 0 Å². The van der Waals surface area contributed by atoms with Gasteiger partial charge in [-0.05, 0) is 23.1 Å². The minimum absolute atomic E-state index is 0.199. The SMILES string of the molecule is C=CSOc1ccc(C(C)(C)C)cc1. The molecule has 0 bridgehead atoms. The summed E-state index contributed by atoms with van der Waals surface area (Å²) >= 11 is 1.24. The molecule has 0 N–H and O–H groups in total. The molecular weight excluding hydrogens is 192 g/mol. The van der Waals surface area contributed by atoms with E-state index in [1.54, 1.807) is 5.41 Å². The lowest BCUT2D eigenvalue weighted by molar-refractivity contribution is 0.587. The third-order valence-electron chi connectivity index (χ3n) is 1.93. The summed E-state index contributed by atoms with van der Waals surface area (Å²) in [6.45, 7) is 10.2. The maximum Gasteiger partial charge on any atom is 0.137 e. The average Bonchev–Trinajstić information content (AvgIpc) is 2.14. The molecule has 0 aromatic heterocycles. The van der Waals surface area contributed by atoms with E-state index in [9.17, 15) is 0 Å². The van der Waals surface area contributed by atoms with Crippen molar-refractivity contribution in [3.63, 3.8) is 0 Å². The van der Waals surface area contributed by atoms with Crippen molar-refractivity contribution >= 4 is 12.0 Å². The molecule has 0 aliphatic carbocycles. The Morgan fingerprint density at radius 2 is 1.79 bits per heavy atom. The predicted octanol–water partition coefficient (Wildman–Crippen LogP) is 4.15. The molecule has 0 radical (unpaired) electrons. The molecule has 1 nitrogen and oxygen atoms in total. The van der Waals surface area contributed by atoms with Crippen LogP contribution in [-0.2, 0) is 5.41 Å². The Hall–Kier alpha value is -0.890. The largest absolute Gasteiger partial charge is 0.421 e. The molecule has 0 saturated heterocycles. The van der Waals surface area contributed by atoms with Gasteiger partial charge in [-0.3, -0.25) is 0 Å². The lowest BCUT2D eigenvalue weighted by Crippen LogP contribution is -2.10. The van der Waals surface area contributed by atoms with Crippen LogP contribution >= 0.6 is 12.0 Å². The fourth-order valence-electron chi connectivity index (χ4n) is 1.10. The molecular formula is C12H16OS. The molecule has 1 rings (SSSR count). The van der Waals surface area contributed by atoms with Crippen LogP contribution in [0.3, 0.4) is 0 Å². The van der Waals surface area contributed by atoms with E-state index in [0.29, 0.717) is 0 Å². The summed E-state index contributed by atoms with van der Waals surface area (Å²) in [5.41, 5.74) is 1.51. The first-order chi connectivity index (χ1) is 6.54. The number of rotatable bonds is 3. The highest BCUT2D eigenvalue weighted by Gasteiger charge is 2.12. The van der Waals surface area contributed by atoms with Gasteiger partial charge in [-0.15, -0.1) is 0 Å². The summed E-state index contributed by atoms with van der Waals surface area (Å²) in [4.78, 5) is 0. The van der Waals surface area contributed by atoms with Crippen LogP contribution < -0.4 is 4.18 Å². The summed E-state index contributed by atoms with van der Waals surface area (Å²) in [7, 11) is 0. The lowest BCUT2D eigenvalue weighted by atomic mass is 9.87. The molecule has 76 valence electrons. The van der Waals surface area contributed by atoms with Crippen LogP contribution in [0, 0.1) is 0 Å². The van der Waals surface area contributed by atoms with E-state index in [-0.39, 0.29) is 5.41 Å². The Bertz CT molecular complexity index is 295. The molecule has 2 heteroatoms. The molecule has 0 aliphatic heterocycles. The minimum atomic E-state index is 0.199. The Morgan fingerprint density at radius 1 is 1.21 bits per heavy atom. The van der Waals surface area contributed by atoms with Gasteiger partial charge in [0.25, 0.3) is 0 Å². The third-order valence-corrected chi connectivity index (χ3v) is 2.36. The molecule has 0 unspecified atom stereocenters. The van der Waals surface area contributed by atoms with E-state index < -0.39 is 0 Å². The highest BCUT2D eigenvalue weighted by atomic mass is 32.2. The molecule has 0 fully saturated rings. The van der Waals surface area contributed by atoms with Gasteiger partial charge in [0, 0.05) is 5.41 Å². The van der Waals surface area contributed by atoms with E-state index in [4.69, 9.17) is 4.18 Å². The Labute approximate surface area is 90.4 Å². The van der Waals surface area contributed by atoms with Crippen molar-refractivity contribution < 1.29 is 4.18 Å². The first kappa shape index (κ1) is 11.2. The van der Waals surface area contributed by atoms with Crippen LogP contribution in [0.15, 0.2) is 36.3 Å². The molecule has 14 heavy (non-hydrogen) atoms. The molecule has 0 saturated carbocycles. The number of hydrogen-bond acceptors (Lipinski definition) is 2. The van der Waals surface area contributed by atoms with Gasteiger partial charge in [-0.25, -0.2) is 0 Å². The smallest absolute Gasteiger partial charge is 0.137 e. The van der Waals surface area contributed by atoms with Crippen LogP contribution in [0.5, 0.6) is 5.75 Å². The monoisotopic (exact) mass is 208 g/mol. The zero-order valence-electron chi connectivity index (χ0n) is 8.91. The summed E-state index contributed by atoms with van der Waals surface area (Å²) < 4.78 is 5.32. The zero-order valence-corrected chi connectivity index (χ0v) is 9.73. The number of hydrogen-bond donors (Lipinski definition) is 0. The van der Waals surface area contributed by atoms with Crippen molar-refractivity contribution in [1.82, 2.24) is 0 Å². The second-order valence-electron chi connectivity index (χ2n) is 4.12. The van der Waals surface area contributed by atoms with Crippen molar-refractivity contribution in [3.8, 4) is 5.75 Å². The van der Waals surface area contributed by atoms with Crippen molar-refractivity contribution in [2.45, 2.75) is 26.2 Å². The van der Waals surface area contributed by atoms with Crippen LogP contribution in [-0.4, -0.2) is 0 Å². The molecule has 0 heterocycles. The minimum Gasteiger partial charge on any atom is -0.421 e. The van der Waals surface area contributed by atoms with Crippen LogP contribution in [0.1, 0.15) is 26.3 Å². The van der Waals surface area contributed by atoms with Crippen molar-refractivity contribution in [2.75, 3.05) is 0 Å². The maximum absolute atomic E-state index is 5.32. The lowest BCUT2D eigenvalue weighted by Gasteiger charge is -2.18. The molecule has 1 aromatic rings. The highest BCUT2D eigenvalue weighted by molar-refractivity contribution is 7.97. The maximum atomic E-state index is 5.32. The van der Waals surface area contributed by atoms with E-state index in [0.717, 1.165) is 5.75 Å². The van der Waals surface area contributed by atoms with E-state index in [1.807, 2.05) is 12.1 Å². The fourth-order valence-corrected chi connectivity index (χ4v) is 1.39. The van der Waals surface area contributed by atoms with Crippen molar-refractivity contribution in [3.05, 3.63) is 41.8 Å². The zero-order chi connectivity index (χ0) is 10.6. The molecule has 0 spiro atoms. The summed E-state index contributed by atoms with van der Waals surface area (Å²) in [5.74, 6) is 0.864. The van der Waals surface area contributed by atoms with Gasteiger partial charge in [0.1, 0.15) is 5.75 Å². The van der Waals surface area contributed by atoms with Crippen LogP contribution in [0.2, 0.25) is 0 Å². The standard InChI is InChI=1S/C12H16OS/c1-5-14-13-11-8-6-10(7-9-11)12(2,3)4/h5-9H,1H2,2-4H3. The topological polar surface area (TPSA) is 9.23 Å². The quantitative estimate of drug-likeness (QED) is 0.690. The fraction of sp³-hybridized carbons (Fsp3) is 0.333. The van der Waals surface area contributed by atoms with Gasteiger partial charge in [0.15, 0.2) is 0 Å². The molecule has 0 atom stereocenters. The van der Waals surface area contributed by atoms with Crippen molar-refractivity contribution in [1.29, 1.82) is 0 Å². The Kier molecular flexibility index (Phi) is 3.64. The second kappa shape index (κ2) is 4.56. The first-order valence-corrected chi connectivity index (χ1v) is 5.39. The average molecular weight is 208 g/mol. The summed E-state index contributed by atoms with van der Waals surface area (Å²) in [6.07, 6.45) is 0. The Balaban J connectivity index is 2.73. The van der Waals surface area contributed by atoms with Gasteiger partial charge in [0.05, 0.1) is 12.0 Å². The van der Waals surface area contributed by atoms with E-state index in [1.165, 1.54) is 17.6 Å². The van der Waals surface area contributed by atoms with Crippen LogP contribution in [0.25, 0.3) is 0 Å². The molecule has 1 aromatic carbocycles. The van der Waals surface area contributed by atoms with Gasteiger partial charge in [0.2, 0.25) is 0 Å². The van der Waals surface area contributed by atoms with Gasteiger partial charge >= 0.3 is 0 Å². The highest BCUT2D eigenvalue weighted by Crippen LogP contribution is 2.25. The third kappa shape index (κ3) is 3.11. The van der Waals surface area contributed by atoms with E-state index >= 15 is 0 Å². The summed E-state index contributed by atoms with van der Waals surface area (Å²) in [6, 6.07) is 8.16. The van der Waals surface area contributed by atoms with Gasteiger partial charge in [-0.1, -0.05) is 39.5 Å². The van der Waals surface area contributed by atoms with E-state index in [2.05, 4.69) is 39.5 Å². The van der Waals surface area contributed by atoms with Gasteiger partial charge < -0.3 is 4.18 Å². The molecule has 0 amide bonds. The van der Waals surface area contributed by atoms with Crippen LogP contribution in [0.4, 0.5) is 0 Å². The normalized spacial score (nSPS) is 11.1. The summed E-state index contributed by atoms with van der Waals surface area (Å²) in [5, 5.41) is 1.66.